The molecule has 0 aliphatic rings. The number of hydrogen-bond donors (Lipinski definition) is 4. The summed E-state index contributed by atoms with van der Waals surface area (Å²) in [6, 6.07) is 2.73. The zero-order valence-corrected chi connectivity index (χ0v) is 11.5. The number of nitrogens with two attached hydrogens (primary N) is 1. The molecule has 0 saturated heterocycles. The molecule has 0 aliphatic heterocycles. The van der Waals surface area contributed by atoms with Crippen LogP contribution >= 0.6 is 12.6 Å². The maximum atomic E-state index is 11.7. The van der Waals surface area contributed by atoms with Crippen LogP contribution in [0.1, 0.15) is 17.3 Å². The second-order valence-corrected chi connectivity index (χ2v) is 4.29. The Hall–Kier alpha value is -2.22. The lowest BCUT2D eigenvalue weighted by Crippen LogP contribution is -2.42. The molecule has 0 aromatic heterocycles. The van der Waals surface area contributed by atoms with Gasteiger partial charge in [0, 0.05) is 18.4 Å². The van der Waals surface area contributed by atoms with Crippen molar-refractivity contribution < 1.29 is 24.2 Å². The summed E-state index contributed by atoms with van der Waals surface area (Å²) in [5, 5.41) is 11.8. The Bertz CT molecular complexity index is 547. The lowest BCUT2D eigenvalue weighted by molar-refractivity contribution is -0.141. The van der Waals surface area contributed by atoms with E-state index < -0.39 is 23.9 Å². The van der Waals surface area contributed by atoms with Crippen molar-refractivity contribution in [3.63, 3.8) is 0 Å². The summed E-state index contributed by atoms with van der Waals surface area (Å²) in [5.74, 6) is -2.88. The first-order chi connectivity index (χ1) is 9.35. The van der Waals surface area contributed by atoms with Gasteiger partial charge in [-0.25, -0.2) is 9.59 Å². The Morgan fingerprint density at radius 2 is 2.10 bits per heavy atom. The van der Waals surface area contributed by atoms with Crippen LogP contribution in [0.2, 0.25) is 0 Å². The second kappa shape index (κ2) is 6.80. The number of thiol groups is 1. The highest BCUT2D eigenvalue weighted by Crippen LogP contribution is 2.20. The fourth-order valence-corrected chi connectivity index (χ4v) is 1.60. The van der Waals surface area contributed by atoms with E-state index in [-0.39, 0.29) is 22.8 Å². The van der Waals surface area contributed by atoms with Crippen LogP contribution in [0.5, 0.6) is 5.75 Å². The number of benzene rings is 1. The number of phenols is 1. The first kappa shape index (κ1) is 15.8. The number of rotatable bonds is 4. The van der Waals surface area contributed by atoms with Gasteiger partial charge in [-0.1, -0.05) is 0 Å². The number of nitrogen functional groups attached to an aromatic ring is 1. The molecule has 8 heteroatoms. The summed E-state index contributed by atoms with van der Waals surface area (Å²) in [4.78, 5) is 34.3. The number of anilines is 1. The van der Waals surface area contributed by atoms with Crippen molar-refractivity contribution in [3.8, 4) is 5.75 Å². The topological polar surface area (TPSA) is 119 Å². The van der Waals surface area contributed by atoms with Gasteiger partial charge in [0.25, 0.3) is 0 Å². The van der Waals surface area contributed by atoms with Gasteiger partial charge in [0.1, 0.15) is 17.4 Å². The predicted octanol–water partition coefficient (Wildman–Crippen LogP) is 0.0923. The molecule has 0 aliphatic carbocycles. The van der Waals surface area contributed by atoms with Crippen LogP contribution in [-0.2, 0) is 14.3 Å². The molecular weight excluding hydrogens is 284 g/mol. The molecule has 1 amide bonds. The zero-order valence-electron chi connectivity index (χ0n) is 10.6. The van der Waals surface area contributed by atoms with Gasteiger partial charge in [0.15, 0.2) is 0 Å². The van der Waals surface area contributed by atoms with E-state index in [1.54, 1.807) is 0 Å². The van der Waals surface area contributed by atoms with Crippen LogP contribution in [0.3, 0.4) is 0 Å². The van der Waals surface area contributed by atoms with E-state index in [0.29, 0.717) is 0 Å². The molecule has 0 radical (unpaired) electrons. The molecule has 108 valence electrons. The molecule has 1 atom stereocenters. The molecule has 0 heterocycles. The summed E-state index contributed by atoms with van der Waals surface area (Å²) in [7, 11) is 0. The molecule has 0 fully saturated rings. The number of esters is 2. The fraction of sp³-hybridized carbons (Fsp3) is 0.250. The SMILES string of the molecule is CC(=O)NC(CS)C(=O)OC(=O)c1cc(N)ccc1O. The Morgan fingerprint density at radius 1 is 1.45 bits per heavy atom. The van der Waals surface area contributed by atoms with E-state index >= 15 is 0 Å². The highest BCUT2D eigenvalue weighted by Gasteiger charge is 2.24. The monoisotopic (exact) mass is 298 g/mol. The van der Waals surface area contributed by atoms with Crippen LogP contribution < -0.4 is 11.1 Å². The predicted molar refractivity (Wildman–Crippen MR) is 74.4 cm³/mol. The van der Waals surface area contributed by atoms with Gasteiger partial charge in [-0.05, 0) is 18.2 Å². The summed E-state index contributed by atoms with van der Waals surface area (Å²) in [5.41, 5.74) is 5.47. The third-order valence-electron chi connectivity index (χ3n) is 2.28. The number of ether oxygens (including phenoxy) is 1. The van der Waals surface area contributed by atoms with Gasteiger partial charge < -0.3 is 20.9 Å². The third-order valence-corrected chi connectivity index (χ3v) is 2.64. The van der Waals surface area contributed by atoms with E-state index in [9.17, 15) is 19.5 Å². The lowest BCUT2D eigenvalue weighted by atomic mass is 10.2. The first-order valence-corrected chi connectivity index (χ1v) is 6.21. The molecule has 1 rings (SSSR count). The van der Waals surface area contributed by atoms with Gasteiger partial charge in [-0.15, -0.1) is 0 Å². The van der Waals surface area contributed by atoms with Crippen LogP contribution in [0.4, 0.5) is 5.69 Å². The van der Waals surface area contributed by atoms with Crippen molar-refractivity contribution in [1.82, 2.24) is 5.32 Å². The Morgan fingerprint density at radius 3 is 2.65 bits per heavy atom. The number of carbonyl (C=O) groups is 3. The van der Waals surface area contributed by atoms with Crippen molar-refractivity contribution in [2.24, 2.45) is 0 Å². The Labute approximate surface area is 120 Å². The quantitative estimate of drug-likeness (QED) is 0.206. The fourth-order valence-electron chi connectivity index (χ4n) is 1.36. The maximum Gasteiger partial charge on any atom is 0.349 e. The number of hydrogen-bond acceptors (Lipinski definition) is 7. The number of amides is 1. The summed E-state index contributed by atoms with van der Waals surface area (Å²) >= 11 is 3.88. The van der Waals surface area contributed by atoms with Gasteiger partial charge in [0.2, 0.25) is 5.91 Å². The van der Waals surface area contributed by atoms with Crippen molar-refractivity contribution in [2.45, 2.75) is 13.0 Å². The van der Waals surface area contributed by atoms with Gasteiger partial charge in [-0.2, -0.15) is 12.6 Å². The molecule has 0 saturated carbocycles. The smallest absolute Gasteiger partial charge is 0.349 e. The molecule has 0 spiro atoms. The number of phenolic OH excluding ortho intramolecular Hbond substituents is 1. The number of carbonyl (C=O) groups excluding carboxylic acids is 3. The minimum atomic E-state index is -1.06. The highest BCUT2D eigenvalue weighted by molar-refractivity contribution is 7.80. The average molecular weight is 298 g/mol. The largest absolute Gasteiger partial charge is 0.507 e. The highest BCUT2D eigenvalue weighted by atomic mass is 32.1. The molecule has 1 aromatic rings. The lowest BCUT2D eigenvalue weighted by Gasteiger charge is -2.13. The molecular formula is C12H14N2O5S. The standard InChI is InChI=1S/C12H14N2O5S/c1-6(15)14-9(5-20)12(18)19-11(17)8-4-7(13)2-3-10(8)16/h2-4,9,16,20H,5,13H2,1H3,(H,14,15). The van der Waals surface area contributed by atoms with Gasteiger partial charge in [0.05, 0.1) is 0 Å². The van der Waals surface area contributed by atoms with E-state index in [0.717, 1.165) is 0 Å². The Kier molecular flexibility index (Phi) is 5.39. The average Bonchev–Trinajstić information content (AvgIpc) is 2.38. The van der Waals surface area contributed by atoms with E-state index in [4.69, 9.17) is 5.73 Å². The molecule has 7 nitrogen and oxygen atoms in total. The van der Waals surface area contributed by atoms with Crippen molar-refractivity contribution in [1.29, 1.82) is 0 Å². The van der Waals surface area contributed by atoms with Crippen LogP contribution in [0, 0.1) is 0 Å². The third kappa shape index (κ3) is 4.16. The Balaban J connectivity index is 2.81. The van der Waals surface area contributed by atoms with E-state index in [2.05, 4.69) is 22.7 Å². The van der Waals surface area contributed by atoms with Crippen molar-refractivity contribution in [2.75, 3.05) is 11.5 Å². The summed E-state index contributed by atoms with van der Waals surface area (Å²) < 4.78 is 4.57. The normalized spacial score (nSPS) is 11.5. The molecule has 1 aromatic carbocycles. The minimum absolute atomic E-state index is 0.0331. The summed E-state index contributed by atoms with van der Waals surface area (Å²) in [6.45, 7) is 1.22. The maximum absolute atomic E-state index is 11.7. The molecule has 20 heavy (non-hydrogen) atoms. The van der Waals surface area contributed by atoms with Crippen LogP contribution in [0.25, 0.3) is 0 Å². The van der Waals surface area contributed by atoms with Crippen molar-refractivity contribution in [3.05, 3.63) is 23.8 Å². The summed E-state index contributed by atoms with van der Waals surface area (Å²) in [6.07, 6.45) is 0. The van der Waals surface area contributed by atoms with Gasteiger partial charge in [-0.3, -0.25) is 4.79 Å². The van der Waals surface area contributed by atoms with Gasteiger partial charge >= 0.3 is 11.9 Å². The molecule has 0 bridgehead atoms. The number of nitrogens with one attached hydrogen (secondary N) is 1. The van der Waals surface area contributed by atoms with Crippen LogP contribution in [0.15, 0.2) is 18.2 Å². The zero-order chi connectivity index (χ0) is 15.3. The van der Waals surface area contributed by atoms with E-state index in [1.165, 1.54) is 25.1 Å². The van der Waals surface area contributed by atoms with E-state index in [1.807, 2.05) is 0 Å². The van der Waals surface area contributed by atoms with Crippen molar-refractivity contribution >= 4 is 36.2 Å². The second-order valence-electron chi connectivity index (χ2n) is 3.92. The molecule has 4 N–H and O–H groups in total. The molecule has 1 unspecified atom stereocenters. The van der Waals surface area contributed by atoms with Crippen LogP contribution in [-0.4, -0.2) is 34.7 Å². The minimum Gasteiger partial charge on any atom is -0.507 e. The first-order valence-electron chi connectivity index (χ1n) is 5.57. The number of aromatic hydroxyl groups is 1.